The molecule has 0 radical (unpaired) electrons. The van der Waals surface area contributed by atoms with Gasteiger partial charge in [-0.05, 0) is 56.6 Å². The summed E-state index contributed by atoms with van der Waals surface area (Å²) in [6.45, 7) is 14.4. The number of para-hydroxylation sites is 1. The average molecular weight is 541 g/mol. The fourth-order valence-corrected chi connectivity index (χ4v) is 9.25. The van der Waals surface area contributed by atoms with E-state index in [0.717, 1.165) is 29.7 Å². The third-order valence-electron chi connectivity index (χ3n) is 8.39. The summed E-state index contributed by atoms with van der Waals surface area (Å²) in [5.74, 6) is -1.80. The maximum absolute atomic E-state index is 14.6. The molecule has 3 heterocycles. The third-order valence-corrected chi connectivity index (χ3v) is 10.5. The van der Waals surface area contributed by atoms with Crippen LogP contribution in [0.15, 0.2) is 43.5 Å². The van der Waals surface area contributed by atoms with Crippen molar-refractivity contribution in [3.63, 3.8) is 0 Å². The molecule has 8 heteroatoms. The first-order chi connectivity index (χ1) is 18.2. The third kappa shape index (κ3) is 4.60. The molecule has 3 fully saturated rings. The number of fused-ring (bicyclic) bond motifs is 1. The van der Waals surface area contributed by atoms with E-state index >= 15 is 0 Å². The summed E-state index contributed by atoms with van der Waals surface area (Å²) in [6.07, 6.45) is 6.06. The van der Waals surface area contributed by atoms with Gasteiger partial charge in [0.1, 0.15) is 6.04 Å². The van der Waals surface area contributed by atoms with E-state index in [4.69, 9.17) is 4.74 Å². The smallest absolute Gasteiger partial charge is 0.310 e. The summed E-state index contributed by atoms with van der Waals surface area (Å²) in [4.78, 5) is 45.5. The zero-order valence-electron chi connectivity index (χ0n) is 22.7. The van der Waals surface area contributed by atoms with Gasteiger partial charge in [0.2, 0.25) is 5.91 Å². The minimum absolute atomic E-state index is 0.0609. The molecular weight excluding hydrogens is 500 g/mol. The minimum Gasteiger partial charge on any atom is -0.465 e. The summed E-state index contributed by atoms with van der Waals surface area (Å²) >= 11 is 1.64. The second kappa shape index (κ2) is 11.7. The molecule has 7 nitrogen and oxygen atoms in total. The SMILES string of the molecule is C=CCCCOC(=O)[C@@H]1[C@@H]2CC(C)C3(S2)C(C(=O)N(CC=C)c2c(C)cccc2C)N(CCCO)C(=O)[C@H]13. The zero-order valence-corrected chi connectivity index (χ0v) is 23.5. The zero-order chi connectivity index (χ0) is 27.6. The van der Waals surface area contributed by atoms with Gasteiger partial charge in [0, 0.05) is 30.6 Å². The summed E-state index contributed by atoms with van der Waals surface area (Å²) < 4.78 is 4.92. The number of likely N-dealkylation sites (tertiary alicyclic amines) is 1. The number of esters is 1. The number of ether oxygens (including phenoxy) is 1. The first-order valence-electron chi connectivity index (χ1n) is 13.6. The predicted molar refractivity (Wildman–Crippen MR) is 151 cm³/mol. The molecule has 0 saturated carbocycles. The highest BCUT2D eigenvalue weighted by Crippen LogP contribution is 2.68. The summed E-state index contributed by atoms with van der Waals surface area (Å²) in [6, 6.07) is 5.18. The number of hydrogen-bond acceptors (Lipinski definition) is 6. The number of aliphatic hydroxyl groups is 1. The van der Waals surface area contributed by atoms with E-state index in [0.29, 0.717) is 26.0 Å². The minimum atomic E-state index is -0.742. The quantitative estimate of drug-likeness (QED) is 0.245. The molecule has 2 bridgehead atoms. The Labute approximate surface area is 230 Å². The Bertz CT molecular complexity index is 1090. The highest BCUT2D eigenvalue weighted by atomic mass is 32.2. The van der Waals surface area contributed by atoms with E-state index in [1.165, 1.54) is 0 Å². The molecule has 38 heavy (non-hydrogen) atoms. The average Bonchev–Trinajstić information content (AvgIpc) is 3.47. The molecule has 0 aromatic heterocycles. The van der Waals surface area contributed by atoms with Crippen LogP contribution < -0.4 is 4.90 Å². The van der Waals surface area contributed by atoms with Gasteiger partial charge in [-0.15, -0.1) is 24.9 Å². The van der Waals surface area contributed by atoms with E-state index in [1.54, 1.807) is 33.7 Å². The van der Waals surface area contributed by atoms with E-state index in [1.807, 2.05) is 32.0 Å². The van der Waals surface area contributed by atoms with E-state index in [2.05, 4.69) is 20.1 Å². The van der Waals surface area contributed by atoms with Crippen LogP contribution in [0.4, 0.5) is 5.69 Å². The number of hydrogen-bond donors (Lipinski definition) is 1. The van der Waals surface area contributed by atoms with Crippen molar-refractivity contribution in [2.75, 3.05) is 31.2 Å². The largest absolute Gasteiger partial charge is 0.465 e. The van der Waals surface area contributed by atoms with Crippen LogP contribution >= 0.6 is 11.8 Å². The number of unbranched alkanes of at least 4 members (excludes halogenated alkanes) is 1. The Morgan fingerprint density at radius 2 is 1.95 bits per heavy atom. The first-order valence-corrected chi connectivity index (χ1v) is 14.5. The van der Waals surface area contributed by atoms with Crippen LogP contribution in [-0.2, 0) is 19.1 Å². The van der Waals surface area contributed by atoms with Crippen molar-refractivity contribution < 1.29 is 24.2 Å². The lowest BCUT2D eigenvalue weighted by atomic mass is 9.66. The Morgan fingerprint density at radius 1 is 1.24 bits per heavy atom. The van der Waals surface area contributed by atoms with Crippen molar-refractivity contribution >= 4 is 35.2 Å². The van der Waals surface area contributed by atoms with Crippen LogP contribution in [0, 0.1) is 31.6 Å². The number of aryl methyl sites for hydroxylation is 2. The van der Waals surface area contributed by atoms with Crippen LogP contribution in [0.3, 0.4) is 0 Å². The highest BCUT2D eigenvalue weighted by molar-refractivity contribution is 8.02. The van der Waals surface area contributed by atoms with Crippen LogP contribution in [0.2, 0.25) is 0 Å². The number of anilines is 1. The van der Waals surface area contributed by atoms with Crippen molar-refractivity contribution in [3.8, 4) is 0 Å². The van der Waals surface area contributed by atoms with Crippen LogP contribution in [0.5, 0.6) is 0 Å². The molecule has 3 aliphatic heterocycles. The molecular formula is C30H40N2O5S. The van der Waals surface area contributed by atoms with E-state index in [9.17, 15) is 19.5 Å². The highest BCUT2D eigenvalue weighted by Gasteiger charge is 2.76. The van der Waals surface area contributed by atoms with Gasteiger partial charge in [0.05, 0.1) is 23.2 Å². The number of rotatable bonds is 12. The van der Waals surface area contributed by atoms with Gasteiger partial charge >= 0.3 is 5.97 Å². The number of aliphatic hydroxyl groups excluding tert-OH is 1. The monoisotopic (exact) mass is 540 g/mol. The number of benzene rings is 1. The van der Waals surface area contributed by atoms with Crippen LogP contribution in [0.25, 0.3) is 0 Å². The molecule has 0 aliphatic carbocycles. The lowest BCUT2D eigenvalue weighted by molar-refractivity contribution is -0.154. The topological polar surface area (TPSA) is 87.2 Å². The molecule has 1 N–H and O–H groups in total. The summed E-state index contributed by atoms with van der Waals surface area (Å²) in [7, 11) is 0. The number of thioether (sulfide) groups is 1. The molecule has 1 spiro atoms. The van der Waals surface area contributed by atoms with Gasteiger partial charge in [-0.2, -0.15) is 0 Å². The number of carbonyl (C=O) groups excluding carboxylic acids is 3. The van der Waals surface area contributed by atoms with Gasteiger partial charge in [0.15, 0.2) is 0 Å². The first kappa shape index (κ1) is 28.4. The van der Waals surface area contributed by atoms with E-state index < -0.39 is 22.6 Å². The summed E-state index contributed by atoms with van der Waals surface area (Å²) in [5.41, 5.74) is 2.77. The fraction of sp³-hybridized carbons (Fsp3) is 0.567. The van der Waals surface area contributed by atoms with Gasteiger partial charge in [-0.3, -0.25) is 14.4 Å². The van der Waals surface area contributed by atoms with Crippen LogP contribution in [0.1, 0.15) is 43.7 Å². The van der Waals surface area contributed by atoms with Crippen molar-refractivity contribution in [2.45, 2.75) is 62.5 Å². The Kier molecular flexibility index (Phi) is 8.72. The molecule has 3 unspecified atom stereocenters. The number of allylic oxidation sites excluding steroid dienone is 1. The van der Waals surface area contributed by atoms with Crippen LogP contribution in [-0.4, -0.2) is 70.1 Å². The maximum Gasteiger partial charge on any atom is 0.310 e. The molecule has 2 amide bonds. The molecule has 3 saturated heterocycles. The van der Waals surface area contributed by atoms with Crippen molar-refractivity contribution in [1.29, 1.82) is 0 Å². The standard InChI is InChI=1S/C30H40N2O5S/c1-6-8-9-17-37-29(36)23-22-18-21(5)30(38-22)24(23)27(34)32(15-11-16-33)26(30)28(35)31(14-7-2)25-19(3)12-10-13-20(25)4/h6-7,10,12-13,21-24,26,33H,1-2,8-9,11,14-18H2,3-5H3/t21?,22-,23+,24-,26?,30?/m0/s1. The lowest BCUT2D eigenvalue weighted by Gasteiger charge is -2.41. The van der Waals surface area contributed by atoms with E-state index in [-0.39, 0.29) is 42.1 Å². The van der Waals surface area contributed by atoms with Crippen molar-refractivity contribution in [3.05, 3.63) is 54.6 Å². The van der Waals surface area contributed by atoms with Gasteiger partial charge < -0.3 is 19.6 Å². The molecule has 206 valence electrons. The Hall–Kier alpha value is -2.58. The molecule has 1 aromatic rings. The second-order valence-corrected chi connectivity index (χ2v) is 12.3. The fourth-order valence-electron chi connectivity index (χ4n) is 6.84. The number of amides is 2. The molecule has 1 aromatic carbocycles. The second-order valence-electron chi connectivity index (χ2n) is 10.7. The molecule has 4 rings (SSSR count). The Balaban J connectivity index is 1.75. The van der Waals surface area contributed by atoms with Gasteiger partial charge in [-0.1, -0.05) is 37.3 Å². The predicted octanol–water partition coefficient (Wildman–Crippen LogP) is 4.05. The Morgan fingerprint density at radius 3 is 2.58 bits per heavy atom. The number of nitrogens with zero attached hydrogens (tertiary/aromatic N) is 2. The van der Waals surface area contributed by atoms with Crippen molar-refractivity contribution in [1.82, 2.24) is 4.90 Å². The normalized spacial score (nSPS) is 29.3. The maximum atomic E-state index is 14.6. The van der Waals surface area contributed by atoms with Gasteiger partial charge in [-0.25, -0.2) is 0 Å². The number of carbonyl (C=O) groups is 3. The molecule has 3 aliphatic rings. The van der Waals surface area contributed by atoms with Crippen molar-refractivity contribution in [2.24, 2.45) is 17.8 Å². The molecule has 6 atom stereocenters. The summed E-state index contributed by atoms with van der Waals surface area (Å²) in [5, 5.41) is 9.55. The van der Waals surface area contributed by atoms with Gasteiger partial charge in [0.25, 0.3) is 5.91 Å². The lowest BCUT2D eigenvalue weighted by Crippen LogP contribution is -2.57.